The number of rotatable bonds is 3. The molecule has 3 nitrogen and oxygen atoms in total. The van der Waals surface area contributed by atoms with Crippen molar-refractivity contribution >= 4 is 0 Å². The third kappa shape index (κ3) is 5.28. The maximum Gasteiger partial charge on any atom is 0.140 e. The van der Waals surface area contributed by atoms with E-state index < -0.39 is 12.2 Å². The van der Waals surface area contributed by atoms with Crippen molar-refractivity contribution in [1.82, 2.24) is 0 Å². The van der Waals surface area contributed by atoms with Gasteiger partial charge in [-0.25, -0.2) is 0 Å². The number of nitriles is 1. The van der Waals surface area contributed by atoms with E-state index in [0.717, 1.165) is 0 Å². The lowest BCUT2D eigenvalue weighted by Crippen LogP contribution is -2.07. The summed E-state index contributed by atoms with van der Waals surface area (Å²) in [5, 5.41) is 25.4. The Hall–Kier alpha value is -0.590. The molecule has 0 amide bonds. The van der Waals surface area contributed by atoms with Crippen molar-refractivity contribution in [3.8, 4) is 6.07 Å². The molecule has 0 aromatic rings. The lowest BCUT2D eigenvalue weighted by molar-refractivity contribution is 0.149. The minimum atomic E-state index is -0.917. The monoisotopic (exact) mass is 129 g/mol. The van der Waals surface area contributed by atoms with Gasteiger partial charge in [-0.2, -0.15) is 5.26 Å². The molecule has 0 aromatic heterocycles. The fourth-order valence-electron chi connectivity index (χ4n) is 0.464. The van der Waals surface area contributed by atoms with Crippen LogP contribution in [0, 0.1) is 11.3 Å². The maximum absolute atomic E-state index is 8.68. The highest BCUT2D eigenvalue weighted by molar-refractivity contribution is 4.81. The lowest BCUT2D eigenvalue weighted by Gasteiger charge is -2.02. The first-order valence-electron chi connectivity index (χ1n) is 2.92. The number of hydrogen-bond acceptors (Lipinski definition) is 3. The topological polar surface area (TPSA) is 64.2 Å². The smallest absolute Gasteiger partial charge is 0.140 e. The highest BCUT2D eigenvalue weighted by Gasteiger charge is 2.02. The third-order valence-corrected chi connectivity index (χ3v) is 1.01. The zero-order chi connectivity index (χ0) is 7.28. The molecule has 0 aliphatic heterocycles. The van der Waals surface area contributed by atoms with E-state index in [9.17, 15) is 0 Å². The van der Waals surface area contributed by atoms with Crippen LogP contribution in [0.3, 0.4) is 0 Å². The summed E-state index contributed by atoms with van der Waals surface area (Å²) in [7, 11) is 0. The van der Waals surface area contributed by atoms with Gasteiger partial charge in [0.1, 0.15) is 6.10 Å². The van der Waals surface area contributed by atoms with Crippen molar-refractivity contribution in [1.29, 1.82) is 5.26 Å². The van der Waals surface area contributed by atoms with Crippen LogP contribution in [0.4, 0.5) is 0 Å². The van der Waals surface area contributed by atoms with Crippen LogP contribution in [0.15, 0.2) is 0 Å². The molecule has 0 radical (unpaired) electrons. The van der Waals surface area contributed by atoms with Crippen molar-refractivity contribution in [2.24, 2.45) is 0 Å². The average Bonchev–Trinajstić information content (AvgIpc) is 1.83. The molecule has 0 saturated heterocycles. The standard InChI is InChI=1S/C6H11NO2/c1-5(8)2-3-6(9)4-7/h5-6,8-9H,2-3H2,1H3. The summed E-state index contributed by atoms with van der Waals surface area (Å²) < 4.78 is 0. The Labute approximate surface area is 54.5 Å². The Balaban J connectivity index is 3.19. The van der Waals surface area contributed by atoms with E-state index in [0.29, 0.717) is 12.8 Å². The number of hydrogen-bond donors (Lipinski definition) is 2. The molecule has 0 aliphatic rings. The highest BCUT2D eigenvalue weighted by Crippen LogP contribution is 1.98. The third-order valence-electron chi connectivity index (χ3n) is 1.01. The molecule has 2 atom stereocenters. The zero-order valence-electron chi connectivity index (χ0n) is 5.41. The Bertz CT molecular complexity index is 106. The second-order valence-corrected chi connectivity index (χ2v) is 2.07. The Morgan fingerprint density at radius 3 is 2.33 bits per heavy atom. The van der Waals surface area contributed by atoms with Crippen molar-refractivity contribution in [3.05, 3.63) is 0 Å². The van der Waals surface area contributed by atoms with E-state index >= 15 is 0 Å². The Morgan fingerprint density at radius 2 is 2.00 bits per heavy atom. The molecule has 0 aliphatic carbocycles. The summed E-state index contributed by atoms with van der Waals surface area (Å²) >= 11 is 0. The van der Waals surface area contributed by atoms with Gasteiger partial charge in [0.2, 0.25) is 0 Å². The minimum Gasteiger partial charge on any atom is -0.393 e. The molecule has 0 aromatic carbocycles. The highest BCUT2D eigenvalue weighted by atomic mass is 16.3. The summed E-state index contributed by atoms with van der Waals surface area (Å²) in [6.07, 6.45) is -0.504. The summed E-state index contributed by atoms with van der Waals surface area (Å²) in [6, 6.07) is 1.66. The number of aliphatic hydroxyl groups is 2. The molecule has 0 heterocycles. The van der Waals surface area contributed by atoms with Gasteiger partial charge in [-0.3, -0.25) is 0 Å². The molecule has 2 unspecified atom stereocenters. The van der Waals surface area contributed by atoms with Gasteiger partial charge in [-0.1, -0.05) is 0 Å². The minimum absolute atomic E-state index is 0.355. The predicted molar refractivity (Wildman–Crippen MR) is 32.5 cm³/mol. The average molecular weight is 129 g/mol. The van der Waals surface area contributed by atoms with Crippen molar-refractivity contribution < 1.29 is 10.2 Å². The van der Waals surface area contributed by atoms with Crippen LogP contribution in [-0.2, 0) is 0 Å². The van der Waals surface area contributed by atoms with Gasteiger partial charge in [0.25, 0.3) is 0 Å². The van der Waals surface area contributed by atoms with Crippen LogP contribution in [-0.4, -0.2) is 22.4 Å². The molecule has 2 N–H and O–H groups in total. The van der Waals surface area contributed by atoms with Crippen LogP contribution < -0.4 is 0 Å². The zero-order valence-corrected chi connectivity index (χ0v) is 5.41. The fraction of sp³-hybridized carbons (Fsp3) is 0.833. The molecular formula is C6H11NO2. The SMILES string of the molecule is CC(O)CCC(O)C#N. The first-order valence-corrected chi connectivity index (χ1v) is 2.92. The van der Waals surface area contributed by atoms with Crippen molar-refractivity contribution in [3.63, 3.8) is 0 Å². The van der Waals surface area contributed by atoms with Crippen LogP contribution in [0.5, 0.6) is 0 Å². The van der Waals surface area contributed by atoms with Crippen LogP contribution in [0.1, 0.15) is 19.8 Å². The van der Waals surface area contributed by atoms with E-state index in [1.54, 1.807) is 13.0 Å². The van der Waals surface area contributed by atoms with E-state index in [1.165, 1.54) is 0 Å². The first kappa shape index (κ1) is 8.41. The van der Waals surface area contributed by atoms with E-state index in [2.05, 4.69) is 0 Å². The summed E-state index contributed by atoms with van der Waals surface area (Å²) in [4.78, 5) is 0. The summed E-state index contributed by atoms with van der Waals surface area (Å²) in [5.41, 5.74) is 0. The predicted octanol–water partition coefficient (Wildman–Crippen LogP) is 0.0319. The molecule has 0 spiro atoms. The van der Waals surface area contributed by atoms with Gasteiger partial charge in [0, 0.05) is 0 Å². The molecule has 3 heteroatoms. The van der Waals surface area contributed by atoms with Crippen molar-refractivity contribution in [2.45, 2.75) is 32.0 Å². The maximum atomic E-state index is 8.68. The van der Waals surface area contributed by atoms with Gasteiger partial charge in [0.15, 0.2) is 0 Å². The van der Waals surface area contributed by atoms with Crippen LogP contribution in [0.2, 0.25) is 0 Å². The molecule has 0 saturated carbocycles. The van der Waals surface area contributed by atoms with Gasteiger partial charge in [-0.15, -0.1) is 0 Å². The van der Waals surface area contributed by atoms with E-state index in [4.69, 9.17) is 15.5 Å². The normalized spacial score (nSPS) is 16.2. The molecule has 52 valence electrons. The second kappa shape index (κ2) is 4.30. The molecule has 0 fully saturated rings. The number of nitrogens with zero attached hydrogens (tertiary/aromatic N) is 1. The number of aliphatic hydroxyl groups excluding tert-OH is 2. The van der Waals surface area contributed by atoms with E-state index in [-0.39, 0.29) is 0 Å². The fourth-order valence-corrected chi connectivity index (χ4v) is 0.464. The summed E-state index contributed by atoms with van der Waals surface area (Å²) in [5.74, 6) is 0. The molecule has 0 bridgehead atoms. The largest absolute Gasteiger partial charge is 0.393 e. The van der Waals surface area contributed by atoms with Crippen LogP contribution in [0.25, 0.3) is 0 Å². The molecule has 9 heavy (non-hydrogen) atoms. The summed E-state index contributed by atoms with van der Waals surface area (Å²) in [6.45, 7) is 1.63. The molecular weight excluding hydrogens is 118 g/mol. The first-order chi connectivity index (χ1) is 4.16. The van der Waals surface area contributed by atoms with Crippen LogP contribution >= 0.6 is 0 Å². The van der Waals surface area contributed by atoms with Gasteiger partial charge >= 0.3 is 0 Å². The molecule has 0 rings (SSSR count). The lowest BCUT2D eigenvalue weighted by atomic mass is 10.1. The van der Waals surface area contributed by atoms with Gasteiger partial charge < -0.3 is 10.2 Å². The van der Waals surface area contributed by atoms with E-state index in [1.807, 2.05) is 0 Å². The Kier molecular flexibility index (Phi) is 4.02. The second-order valence-electron chi connectivity index (χ2n) is 2.07. The van der Waals surface area contributed by atoms with Crippen molar-refractivity contribution in [2.75, 3.05) is 0 Å². The van der Waals surface area contributed by atoms with Gasteiger partial charge in [-0.05, 0) is 19.8 Å². The Morgan fingerprint density at radius 1 is 1.44 bits per heavy atom. The van der Waals surface area contributed by atoms with Gasteiger partial charge in [0.05, 0.1) is 12.2 Å². The quantitative estimate of drug-likeness (QED) is 0.528.